The zero-order valence-corrected chi connectivity index (χ0v) is 11.7. The predicted molar refractivity (Wildman–Crippen MR) is 69.8 cm³/mol. The summed E-state index contributed by atoms with van der Waals surface area (Å²) in [5, 5.41) is 0. The van der Waals surface area contributed by atoms with Crippen LogP contribution in [-0.2, 0) is 9.53 Å². The molecule has 3 heteroatoms. The van der Waals surface area contributed by atoms with Gasteiger partial charge in [0.25, 0.3) is 5.91 Å². The smallest absolute Gasteiger partial charge is 0.251 e. The Labute approximate surface area is 106 Å². The van der Waals surface area contributed by atoms with Crippen molar-refractivity contribution in [2.75, 3.05) is 19.7 Å². The van der Waals surface area contributed by atoms with Crippen molar-refractivity contribution in [2.45, 2.75) is 53.1 Å². The largest absolute Gasteiger partial charge is 0.369 e. The van der Waals surface area contributed by atoms with E-state index in [9.17, 15) is 4.79 Å². The van der Waals surface area contributed by atoms with Crippen molar-refractivity contribution in [3.05, 3.63) is 0 Å². The molecule has 0 aromatic carbocycles. The van der Waals surface area contributed by atoms with Gasteiger partial charge in [-0.2, -0.15) is 0 Å². The van der Waals surface area contributed by atoms with Crippen molar-refractivity contribution in [2.24, 2.45) is 11.8 Å². The van der Waals surface area contributed by atoms with E-state index in [4.69, 9.17) is 4.74 Å². The molecule has 3 nitrogen and oxygen atoms in total. The van der Waals surface area contributed by atoms with Gasteiger partial charge in [-0.05, 0) is 38.0 Å². The minimum Gasteiger partial charge on any atom is -0.369 e. The monoisotopic (exact) mass is 241 g/mol. The molecular weight excluding hydrogens is 214 g/mol. The fraction of sp³-hybridized carbons (Fsp3) is 0.929. The molecule has 1 fully saturated rings. The summed E-state index contributed by atoms with van der Waals surface area (Å²) in [6, 6.07) is 0. The van der Waals surface area contributed by atoms with E-state index in [2.05, 4.69) is 13.8 Å². The lowest BCUT2D eigenvalue weighted by atomic mass is 9.86. The molecule has 100 valence electrons. The summed E-state index contributed by atoms with van der Waals surface area (Å²) in [7, 11) is 0. The van der Waals surface area contributed by atoms with E-state index in [0.29, 0.717) is 6.61 Å². The Morgan fingerprint density at radius 1 is 1.29 bits per heavy atom. The Morgan fingerprint density at radius 2 is 1.88 bits per heavy atom. The topological polar surface area (TPSA) is 29.5 Å². The van der Waals surface area contributed by atoms with Crippen molar-refractivity contribution < 1.29 is 9.53 Å². The van der Waals surface area contributed by atoms with Crippen LogP contribution < -0.4 is 0 Å². The summed E-state index contributed by atoms with van der Waals surface area (Å²) < 4.78 is 5.49. The maximum absolute atomic E-state index is 12.2. The van der Waals surface area contributed by atoms with Gasteiger partial charge in [-0.1, -0.05) is 20.8 Å². The molecular formula is C14H27NO2. The van der Waals surface area contributed by atoms with Crippen LogP contribution in [0.4, 0.5) is 0 Å². The van der Waals surface area contributed by atoms with E-state index < -0.39 is 0 Å². The SMILES string of the molecule is CCOC(CC)C(=O)N1CCC(C(C)C)CC1. The molecule has 17 heavy (non-hydrogen) atoms. The molecule has 0 spiro atoms. The second kappa shape index (κ2) is 7.00. The highest BCUT2D eigenvalue weighted by atomic mass is 16.5. The minimum absolute atomic E-state index is 0.191. The van der Waals surface area contributed by atoms with E-state index >= 15 is 0 Å². The Balaban J connectivity index is 2.44. The van der Waals surface area contributed by atoms with Crippen LogP contribution in [0.15, 0.2) is 0 Å². The Kier molecular flexibility index (Phi) is 5.96. The standard InChI is InChI=1S/C14H27NO2/c1-5-13(17-6-2)14(16)15-9-7-12(8-10-15)11(3)4/h11-13H,5-10H2,1-4H3. The molecule has 0 N–H and O–H groups in total. The van der Waals surface area contributed by atoms with Gasteiger partial charge < -0.3 is 9.64 Å². The average molecular weight is 241 g/mol. The van der Waals surface area contributed by atoms with Crippen LogP contribution in [0.3, 0.4) is 0 Å². The molecule has 1 aliphatic rings. The van der Waals surface area contributed by atoms with Gasteiger partial charge in [0.2, 0.25) is 0 Å². The van der Waals surface area contributed by atoms with E-state index in [1.165, 1.54) is 0 Å². The molecule has 0 aromatic heterocycles. The number of carbonyl (C=O) groups is 1. The van der Waals surface area contributed by atoms with E-state index in [1.54, 1.807) is 0 Å². The van der Waals surface area contributed by atoms with Crippen molar-refractivity contribution in [1.29, 1.82) is 0 Å². The lowest BCUT2D eigenvalue weighted by Crippen LogP contribution is -2.45. The van der Waals surface area contributed by atoms with Crippen molar-refractivity contribution in [3.8, 4) is 0 Å². The van der Waals surface area contributed by atoms with Crippen LogP contribution in [0.1, 0.15) is 47.0 Å². The third kappa shape index (κ3) is 3.98. The molecule has 0 saturated carbocycles. The highest BCUT2D eigenvalue weighted by Crippen LogP contribution is 2.25. The maximum Gasteiger partial charge on any atom is 0.251 e. The van der Waals surface area contributed by atoms with Crippen LogP contribution >= 0.6 is 0 Å². The molecule has 0 aromatic rings. The van der Waals surface area contributed by atoms with E-state index in [-0.39, 0.29) is 12.0 Å². The molecule has 1 unspecified atom stereocenters. The third-order valence-electron chi connectivity index (χ3n) is 3.81. The first-order valence-corrected chi connectivity index (χ1v) is 7.00. The maximum atomic E-state index is 12.2. The molecule has 1 saturated heterocycles. The Bertz CT molecular complexity index is 232. The first kappa shape index (κ1) is 14.5. The Morgan fingerprint density at radius 3 is 2.29 bits per heavy atom. The summed E-state index contributed by atoms with van der Waals surface area (Å²) in [5.41, 5.74) is 0. The lowest BCUT2D eigenvalue weighted by molar-refractivity contribution is -0.145. The zero-order valence-electron chi connectivity index (χ0n) is 11.7. The van der Waals surface area contributed by atoms with Gasteiger partial charge in [-0.25, -0.2) is 0 Å². The van der Waals surface area contributed by atoms with Crippen LogP contribution in [0.2, 0.25) is 0 Å². The normalized spacial score (nSPS) is 19.7. The van der Waals surface area contributed by atoms with Crippen molar-refractivity contribution >= 4 is 5.91 Å². The third-order valence-corrected chi connectivity index (χ3v) is 3.81. The lowest BCUT2D eigenvalue weighted by Gasteiger charge is -2.35. The van der Waals surface area contributed by atoms with Gasteiger partial charge in [0, 0.05) is 19.7 Å². The second-order valence-electron chi connectivity index (χ2n) is 5.26. The summed E-state index contributed by atoms with van der Waals surface area (Å²) in [5.74, 6) is 1.71. The molecule has 0 bridgehead atoms. The van der Waals surface area contributed by atoms with Gasteiger partial charge in [0.1, 0.15) is 6.10 Å². The number of rotatable bonds is 5. The van der Waals surface area contributed by atoms with E-state index in [1.807, 2.05) is 18.7 Å². The van der Waals surface area contributed by atoms with Gasteiger partial charge in [-0.3, -0.25) is 4.79 Å². The van der Waals surface area contributed by atoms with Gasteiger partial charge in [0.15, 0.2) is 0 Å². The molecule has 1 aliphatic heterocycles. The number of amides is 1. The number of carbonyl (C=O) groups excluding carboxylic acids is 1. The van der Waals surface area contributed by atoms with Gasteiger partial charge in [-0.15, -0.1) is 0 Å². The van der Waals surface area contributed by atoms with Crippen molar-refractivity contribution in [1.82, 2.24) is 4.90 Å². The molecule has 1 amide bonds. The first-order chi connectivity index (χ1) is 8.10. The van der Waals surface area contributed by atoms with Crippen molar-refractivity contribution in [3.63, 3.8) is 0 Å². The van der Waals surface area contributed by atoms with Crippen LogP contribution in [0.5, 0.6) is 0 Å². The molecule has 1 rings (SSSR count). The number of ether oxygens (including phenoxy) is 1. The summed E-state index contributed by atoms with van der Waals surface area (Å²) in [6.07, 6.45) is 2.84. The van der Waals surface area contributed by atoms with Crippen LogP contribution in [0, 0.1) is 11.8 Å². The molecule has 1 heterocycles. The number of hydrogen-bond donors (Lipinski definition) is 0. The first-order valence-electron chi connectivity index (χ1n) is 7.00. The fourth-order valence-electron chi connectivity index (χ4n) is 2.56. The highest BCUT2D eigenvalue weighted by Gasteiger charge is 2.28. The predicted octanol–water partition coefficient (Wildman–Crippen LogP) is 2.70. The summed E-state index contributed by atoms with van der Waals surface area (Å²) in [6.45, 7) is 10.9. The van der Waals surface area contributed by atoms with E-state index in [0.717, 1.165) is 44.2 Å². The number of nitrogens with zero attached hydrogens (tertiary/aromatic N) is 1. The number of piperidine rings is 1. The van der Waals surface area contributed by atoms with Gasteiger partial charge in [0.05, 0.1) is 0 Å². The second-order valence-corrected chi connectivity index (χ2v) is 5.26. The molecule has 0 aliphatic carbocycles. The summed E-state index contributed by atoms with van der Waals surface area (Å²) in [4.78, 5) is 14.2. The molecule has 1 atom stereocenters. The number of hydrogen-bond acceptors (Lipinski definition) is 2. The number of likely N-dealkylation sites (tertiary alicyclic amines) is 1. The fourth-order valence-corrected chi connectivity index (χ4v) is 2.56. The zero-order chi connectivity index (χ0) is 12.8. The quantitative estimate of drug-likeness (QED) is 0.740. The molecule has 0 radical (unpaired) electrons. The minimum atomic E-state index is -0.226. The average Bonchev–Trinajstić information content (AvgIpc) is 2.35. The summed E-state index contributed by atoms with van der Waals surface area (Å²) >= 11 is 0. The highest BCUT2D eigenvalue weighted by molar-refractivity contribution is 5.81. The van der Waals surface area contributed by atoms with Gasteiger partial charge >= 0.3 is 0 Å². The van der Waals surface area contributed by atoms with Crippen LogP contribution in [-0.4, -0.2) is 36.6 Å². The van der Waals surface area contributed by atoms with Crippen LogP contribution in [0.25, 0.3) is 0 Å². The Hall–Kier alpha value is -0.570.